The molecule has 0 aliphatic carbocycles. The molecule has 1 saturated heterocycles. The summed E-state index contributed by atoms with van der Waals surface area (Å²) in [6.07, 6.45) is -5.95. The second-order valence-corrected chi connectivity index (χ2v) is 8.01. The van der Waals surface area contributed by atoms with E-state index in [-0.39, 0.29) is 10.9 Å². The molecule has 1 aliphatic rings. The van der Waals surface area contributed by atoms with E-state index in [0.717, 1.165) is 27.7 Å². The van der Waals surface area contributed by atoms with Gasteiger partial charge < -0.3 is 28.8 Å². The average molecular weight is 542 g/mol. The third-order valence-corrected chi connectivity index (χ3v) is 5.44. The maximum absolute atomic E-state index is 12.0. The van der Waals surface area contributed by atoms with Crippen LogP contribution < -0.4 is 0 Å². The number of nitrogens with zero attached hydrogens (tertiary/aromatic N) is 1. The highest BCUT2D eigenvalue weighted by atomic mass is 79.9. The Morgan fingerprint density at radius 3 is 2.12 bits per heavy atom. The molecule has 12 heteroatoms. The van der Waals surface area contributed by atoms with Crippen LogP contribution in [0.1, 0.15) is 44.4 Å². The number of carbonyl (C=O) groups is 4. The summed E-state index contributed by atoms with van der Waals surface area (Å²) in [4.78, 5) is 47.1. The van der Waals surface area contributed by atoms with Crippen LogP contribution >= 0.6 is 15.9 Å². The highest BCUT2D eigenvalue weighted by Crippen LogP contribution is 2.41. The Labute approximate surface area is 204 Å². The molecule has 0 radical (unpaired) electrons. The van der Waals surface area contributed by atoms with Gasteiger partial charge in [-0.15, -0.1) is 0 Å². The van der Waals surface area contributed by atoms with Gasteiger partial charge >= 0.3 is 23.9 Å². The van der Waals surface area contributed by atoms with Gasteiger partial charge in [-0.25, -0.2) is 0 Å². The van der Waals surface area contributed by atoms with Crippen LogP contribution in [-0.2, 0) is 54.0 Å². The highest BCUT2D eigenvalue weighted by molar-refractivity contribution is 9.08. The van der Waals surface area contributed by atoms with E-state index >= 15 is 0 Å². The van der Waals surface area contributed by atoms with Crippen molar-refractivity contribution < 1.29 is 48.0 Å². The Kier molecular flexibility index (Phi) is 9.14. The van der Waals surface area contributed by atoms with Crippen LogP contribution in [-0.4, -0.2) is 60.0 Å². The van der Waals surface area contributed by atoms with Gasteiger partial charge in [0.25, 0.3) is 0 Å². The van der Waals surface area contributed by atoms with E-state index in [1.807, 2.05) is 6.07 Å². The SMILES string of the molecule is CC(=O)OC[C@H]1OC(O)(c2ccc(C#N)c(CBr)c2)[C@H](OC(C)=O)[C@@H](OC(C)=O)[C@@H]1OC(C)=O. The molecule has 1 fully saturated rings. The van der Waals surface area contributed by atoms with Gasteiger partial charge in [-0.1, -0.05) is 22.0 Å². The number of alkyl halides is 1. The molecule has 1 aromatic carbocycles. The number of halogens is 1. The summed E-state index contributed by atoms with van der Waals surface area (Å²) < 4.78 is 26.8. The lowest BCUT2D eigenvalue weighted by Crippen LogP contribution is -2.66. The summed E-state index contributed by atoms with van der Waals surface area (Å²) in [5, 5.41) is 21.3. The number of nitriles is 1. The summed E-state index contributed by atoms with van der Waals surface area (Å²) in [7, 11) is 0. The van der Waals surface area contributed by atoms with E-state index in [1.54, 1.807) is 0 Å². The van der Waals surface area contributed by atoms with E-state index in [0.29, 0.717) is 11.1 Å². The zero-order valence-corrected chi connectivity index (χ0v) is 20.5. The first kappa shape index (κ1) is 27.2. The minimum atomic E-state index is -2.45. The molecule has 0 amide bonds. The molecule has 1 aliphatic heterocycles. The number of rotatable bonds is 7. The van der Waals surface area contributed by atoms with Gasteiger partial charge in [0.2, 0.25) is 11.9 Å². The van der Waals surface area contributed by atoms with Crippen molar-refractivity contribution in [3.8, 4) is 6.07 Å². The molecule has 34 heavy (non-hydrogen) atoms. The molecule has 5 atom stereocenters. The first-order chi connectivity index (χ1) is 15.9. The van der Waals surface area contributed by atoms with Crippen molar-refractivity contribution in [1.29, 1.82) is 5.26 Å². The topological polar surface area (TPSA) is 158 Å². The van der Waals surface area contributed by atoms with Gasteiger partial charge in [-0.05, 0) is 17.7 Å². The molecule has 1 heterocycles. The fourth-order valence-electron chi connectivity index (χ4n) is 3.55. The third kappa shape index (κ3) is 6.31. The van der Waals surface area contributed by atoms with Crippen molar-refractivity contribution in [2.45, 2.75) is 63.2 Å². The molecular weight excluding hydrogens is 518 g/mol. The Hall–Kier alpha value is -3.01. The summed E-state index contributed by atoms with van der Waals surface area (Å²) in [5.74, 6) is -5.59. The third-order valence-electron chi connectivity index (χ3n) is 4.84. The first-order valence-electron chi connectivity index (χ1n) is 10.1. The number of hydrogen-bond donors (Lipinski definition) is 1. The molecule has 0 bridgehead atoms. The Morgan fingerprint density at radius 1 is 1.03 bits per heavy atom. The highest BCUT2D eigenvalue weighted by Gasteiger charge is 2.60. The van der Waals surface area contributed by atoms with Crippen LogP contribution in [0.15, 0.2) is 18.2 Å². The molecular formula is C22H24BrNO10. The van der Waals surface area contributed by atoms with Gasteiger partial charge in [0.05, 0.1) is 11.6 Å². The quantitative estimate of drug-likeness (QED) is 0.301. The lowest BCUT2D eigenvalue weighted by Gasteiger charge is -2.48. The van der Waals surface area contributed by atoms with E-state index in [1.165, 1.54) is 18.2 Å². The van der Waals surface area contributed by atoms with Crippen LogP contribution in [0.2, 0.25) is 0 Å². The van der Waals surface area contributed by atoms with Gasteiger partial charge in [0.15, 0.2) is 12.2 Å². The zero-order valence-electron chi connectivity index (χ0n) is 18.9. The van der Waals surface area contributed by atoms with Gasteiger partial charge in [0, 0.05) is 38.6 Å². The van der Waals surface area contributed by atoms with Crippen molar-refractivity contribution in [3.63, 3.8) is 0 Å². The van der Waals surface area contributed by atoms with E-state index in [9.17, 15) is 29.5 Å². The molecule has 1 aromatic rings. The summed E-state index contributed by atoms with van der Waals surface area (Å²) >= 11 is 3.27. The predicted octanol–water partition coefficient (Wildman–Crippen LogP) is 1.36. The number of benzene rings is 1. The fraction of sp³-hybridized carbons (Fsp3) is 0.500. The van der Waals surface area contributed by atoms with Crippen molar-refractivity contribution in [2.75, 3.05) is 6.61 Å². The number of ether oxygens (including phenoxy) is 5. The molecule has 0 spiro atoms. The number of hydrogen-bond acceptors (Lipinski definition) is 11. The van der Waals surface area contributed by atoms with E-state index in [4.69, 9.17) is 23.7 Å². The van der Waals surface area contributed by atoms with Crippen molar-refractivity contribution in [1.82, 2.24) is 0 Å². The molecule has 184 valence electrons. The monoisotopic (exact) mass is 541 g/mol. The maximum atomic E-state index is 12.0. The molecule has 0 aromatic heterocycles. The van der Waals surface area contributed by atoms with Crippen molar-refractivity contribution in [3.05, 3.63) is 34.9 Å². The van der Waals surface area contributed by atoms with Crippen LogP contribution in [0, 0.1) is 11.3 Å². The summed E-state index contributed by atoms with van der Waals surface area (Å²) in [6, 6.07) is 6.27. The maximum Gasteiger partial charge on any atom is 0.303 e. The fourth-order valence-corrected chi connectivity index (χ4v) is 4.01. The molecule has 2 rings (SSSR count). The minimum absolute atomic E-state index is 0.0541. The van der Waals surface area contributed by atoms with Crippen LogP contribution in [0.25, 0.3) is 0 Å². The van der Waals surface area contributed by atoms with Gasteiger partial charge in [-0.3, -0.25) is 19.2 Å². The van der Waals surface area contributed by atoms with Crippen molar-refractivity contribution in [2.24, 2.45) is 0 Å². The predicted molar refractivity (Wildman–Crippen MR) is 116 cm³/mol. The second kappa shape index (κ2) is 11.4. The molecule has 11 nitrogen and oxygen atoms in total. The largest absolute Gasteiger partial charge is 0.463 e. The van der Waals surface area contributed by atoms with Crippen molar-refractivity contribution >= 4 is 39.8 Å². The number of carbonyl (C=O) groups excluding carboxylic acids is 4. The smallest absolute Gasteiger partial charge is 0.303 e. The Balaban J connectivity index is 2.71. The second-order valence-electron chi connectivity index (χ2n) is 7.45. The first-order valence-corrected chi connectivity index (χ1v) is 11.2. The van der Waals surface area contributed by atoms with Gasteiger partial charge in [0.1, 0.15) is 12.7 Å². The molecule has 1 N–H and O–H groups in total. The lowest BCUT2D eigenvalue weighted by molar-refractivity contribution is -0.360. The normalized spacial score (nSPS) is 26.0. The summed E-state index contributed by atoms with van der Waals surface area (Å²) in [5.41, 5.74) is 0.856. The molecule has 0 saturated carbocycles. The van der Waals surface area contributed by atoms with Crippen LogP contribution in [0.3, 0.4) is 0 Å². The van der Waals surface area contributed by atoms with Crippen LogP contribution in [0.5, 0.6) is 0 Å². The molecule has 1 unspecified atom stereocenters. The zero-order chi connectivity index (χ0) is 25.6. The lowest BCUT2D eigenvalue weighted by atomic mass is 9.86. The summed E-state index contributed by atoms with van der Waals surface area (Å²) in [6.45, 7) is 3.90. The van der Waals surface area contributed by atoms with Gasteiger partial charge in [-0.2, -0.15) is 5.26 Å². The average Bonchev–Trinajstić information content (AvgIpc) is 2.75. The minimum Gasteiger partial charge on any atom is -0.463 e. The van der Waals surface area contributed by atoms with E-state index in [2.05, 4.69) is 15.9 Å². The standard InChI is InChI=1S/C22H24BrNO10/c1-11(25)30-10-18-19(31-12(2)26)20(32-13(3)27)21(33-14(4)28)22(29,34-18)17-6-5-15(9-24)16(7-17)8-23/h5-7,18-21,29H,8,10H2,1-4H3/t18-,19-,20+,21-,22?/m1/s1. The van der Waals surface area contributed by atoms with Crippen LogP contribution in [0.4, 0.5) is 0 Å². The number of aliphatic hydroxyl groups is 1. The number of esters is 4. The Morgan fingerprint density at radius 2 is 1.62 bits per heavy atom. The van der Waals surface area contributed by atoms with E-state index < -0.39 is 60.7 Å². The Bertz CT molecular complexity index is 1010.